The highest BCUT2D eigenvalue weighted by Gasteiger charge is 2.15. The number of hydrogen-bond acceptors (Lipinski definition) is 6. The average molecular weight is 255 g/mol. The van der Waals surface area contributed by atoms with E-state index in [1.165, 1.54) is 0 Å². The Morgan fingerprint density at radius 1 is 1.22 bits per heavy atom. The quantitative estimate of drug-likeness (QED) is 0.786. The zero-order valence-corrected chi connectivity index (χ0v) is 11.4. The van der Waals surface area contributed by atoms with Gasteiger partial charge in [0.15, 0.2) is 0 Å². The average Bonchev–Trinajstić information content (AvgIpc) is 2.38. The van der Waals surface area contributed by atoms with E-state index in [0.717, 1.165) is 0 Å². The third-order valence-electron chi connectivity index (χ3n) is 2.52. The number of methoxy groups -OCH3 is 2. The van der Waals surface area contributed by atoms with Gasteiger partial charge in [-0.1, -0.05) is 0 Å². The van der Waals surface area contributed by atoms with Crippen molar-refractivity contribution in [1.29, 1.82) is 0 Å². The van der Waals surface area contributed by atoms with E-state index in [1.54, 1.807) is 20.3 Å². The largest absolute Gasteiger partial charge is 0.481 e. The molecule has 0 aliphatic rings. The second-order valence-corrected chi connectivity index (χ2v) is 4.12. The van der Waals surface area contributed by atoms with Crippen LogP contribution in [0, 0.1) is 0 Å². The Bertz CT molecular complexity index is 349. The van der Waals surface area contributed by atoms with Crippen molar-refractivity contribution >= 4 is 5.95 Å². The van der Waals surface area contributed by atoms with Crippen LogP contribution in [0.25, 0.3) is 0 Å². The van der Waals surface area contributed by atoms with Gasteiger partial charge in [-0.15, -0.1) is 0 Å². The fourth-order valence-corrected chi connectivity index (χ4v) is 1.56. The third kappa shape index (κ3) is 3.73. The summed E-state index contributed by atoms with van der Waals surface area (Å²) in [5, 5.41) is 8.93. The van der Waals surface area contributed by atoms with Gasteiger partial charge in [0.2, 0.25) is 17.7 Å². The number of nitrogens with zero attached hydrogens (tertiary/aromatic N) is 3. The first-order valence-electron chi connectivity index (χ1n) is 5.97. The van der Waals surface area contributed by atoms with Crippen LogP contribution in [0.1, 0.15) is 20.3 Å². The molecule has 0 fully saturated rings. The molecule has 6 nitrogen and oxygen atoms in total. The van der Waals surface area contributed by atoms with Crippen molar-refractivity contribution in [1.82, 2.24) is 9.97 Å². The molecule has 0 aliphatic heterocycles. The maximum Gasteiger partial charge on any atom is 0.232 e. The van der Waals surface area contributed by atoms with Crippen molar-refractivity contribution < 1.29 is 14.6 Å². The van der Waals surface area contributed by atoms with Crippen molar-refractivity contribution in [2.75, 3.05) is 32.3 Å². The van der Waals surface area contributed by atoms with Gasteiger partial charge in [-0.3, -0.25) is 0 Å². The monoisotopic (exact) mass is 255 g/mol. The van der Waals surface area contributed by atoms with E-state index in [-0.39, 0.29) is 12.6 Å². The lowest BCUT2D eigenvalue weighted by Gasteiger charge is -2.26. The van der Waals surface area contributed by atoms with Crippen molar-refractivity contribution in [2.24, 2.45) is 0 Å². The molecule has 0 aliphatic carbocycles. The molecule has 1 rings (SSSR count). The van der Waals surface area contributed by atoms with Gasteiger partial charge in [-0.05, 0) is 20.3 Å². The van der Waals surface area contributed by atoms with Gasteiger partial charge in [0.05, 0.1) is 20.3 Å². The van der Waals surface area contributed by atoms with Crippen LogP contribution in [-0.2, 0) is 0 Å². The third-order valence-corrected chi connectivity index (χ3v) is 2.52. The molecule has 0 bridgehead atoms. The minimum Gasteiger partial charge on any atom is -0.481 e. The van der Waals surface area contributed by atoms with Crippen LogP contribution < -0.4 is 14.4 Å². The molecule has 0 atom stereocenters. The molecule has 1 N–H and O–H groups in total. The minimum atomic E-state index is 0.143. The van der Waals surface area contributed by atoms with Crippen LogP contribution >= 0.6 is 0 Å². The van der Waals surface area contributed by atoms with Gasteiger partial charge in [-0.25, -0.2) is 0 Å². The number of aromatic nitrogens is 2. The molecule has 0 amide bonds. The fourth-order valence-electron chi connectivity index (χ4n) is 1.56. The highest BCUT2D eigenvalue weighted by molar-refractivity contribution is 5.37. The zero-order valence-electron chi connectivity index (χ0n) is 11.4. The SMILES string of the molecule is COc1cc(OC)nc(N(CCCO)C(C)C)n1. The summed E-state index contributed by atoms with van der Waals surface area (Å²) < 4.78 is 10.2. The lowest BCUT2D eigenvalue weighted by molar-refractivity contribution is 0.288. The van der Waals surface area contributed by atoms with Gasteiger partial charge in [0.1, 0.15) is 0 Å². The first kappa shape index (κ1) is 14.5. The first-order chi connectivity index (χ1) is 8.62. The van der Waals surface area contributed by atoms with Crippen LogP contribution in [0.3, 0.4) is 0 Å². The Morgan fingerprint density at radius 3 is 2.17 bits per heavy atom. The predicted molar refractivity (Wildman–Crippen MR) is 69.3 cm³/mol. The Hall–Kier alpha value is -1.56. The molecular weight excluding hydrogens is 234 g/mol. The van der Waals surface area contributed by atoms with E-state index >= 15 is 0 Å². The predicted octanol–water partition coefficient (Wildman–Crippen LogP) is 1.09. The minimum absolute atomic E-state index is 0.143. The highest BCUT2D eigenvalue weighted by atomic mass is 16.5. The first-order valence-corrected chi connectivity index (χ1v) is 5.97. The van der Waals surface area contributed by atoms with Gasteiger partial charge in [0.25, 0.3) is 0 Å². The summed E-state index contributed by atoms with van der Waals surface area (Å²) in [6, 6.07) is 1.86. The number of aliphatic hydroxyl groups excluding tert-OH is 1. The summed E-state index contributed by atoms with van der Waals surface area (Å²) in [6.07, 6.45) is 0.668. The van der Waals surface area contributed by atoms with E-state index < -0.39 is 0 Å². The van der Waals surface area contributed by atoms with E-state index in [0.29, 0.717) is 30.7 Å². The Labute approximate surface area is 108 Å². The molecule has 18 heavy (non-hydrogen) atoms. The molecule has 0 radical (unpaired) electrons. The number of hydrogen-bond donors (Lipinski definition) is 1. The molecule has 1 aromatic rings. The molecule has 0 spiro atoms. The van der Waals surface area contributed by atoms with E-state index in [2.05, 4.69) is 9.97 Å². The van der Waals surface area contributed by atoms with Gasteiger partial charge in [0, 0.05) is 19.2 Å². The fraction of sp³-hybridized carbons (Fsp3) is 0.667. The molecular formula is C12H21N3O3. The summed E-state index contributed by atoms with van der Waals surface area (Å²) in [5.41, 5.74) is 0. The summed E-state index contributed by atoms with van der Waals surface area (Å²) in [7, 11) is 3.11. The van der Waals surface area contributed by atoms with E-state index in [4.69, 9.17) is 14.6 Å². The van der Waals surface area contributed by atoms with Crippen LogP contribution in [-0.4, -0.2) is 48.5 Å². The maximum atomic E-state index is 8.93. The second-order valence-electron chi connectivity index (χ2n) is 4.12. The number of rotatable bonds is 7. The van der Waals surface area contributed by atoms with Crippen molar-refractivity contribution in [3.63, 3.8) is 0 Å². The molecule has 0 saturated heterocycles. The molecule has 102 valence electrons. The van der Waals surface area contributed by atoms with Gasteiger partial charge in [-0.2, -0.15) is 9.97 Å². The number of anilines is 1. The van der Waals surface area contributed by atoms with Crippen LogP contribution in [0.4, 0.5) is 5.95 Å². The zero-order chi connectivity index (χ0) is 13.5. The maximum absolute atomic E-state index is 8.93. The summed E-state index contributed by atoms with van der Waals surface area (Å²) in [4.78, 5) is 10.6. The second kappa shape index (κ2) is 7.00. The van der Waals surface area contributed by atoms with Crippen molar-refractivity contribution in [3.05, 3.63) is 6.07 Å². The standard InChI is InChI=1S/C12H21N3O3/c1-9(2)15(6-5-7-16)12-13-10(17-3)8-11(14-12)18-4/h8-9,16H,5-7H2,1-4H3. The molecule has 1 heterocycles. The lowest BCUT2D eigenvalue weighted by Crippen LogP contribution is -2.33. The summed E-state index contributed by atoms with van der Waals surface area (Å²) in [5.74, 6) is 1.48. The molecule has 0 unspecified atom stereocenters. The summed E-state index contributed by atoms with van der Waals surface area (Å²) in [6.45, 7) is 4.92. The molecule has 0 saturated carbocycles. The normalized spacial score (nSPS) is 10.6. The number of aliphatic hydroxyl groups is 1. The van der Waals surface area contributed by atoms with Crippen LogP contribution in [0.2, 0.25) is 0 Å². The molecule has 6 heteroatoms. The van der Waals surface area contributed by atoms with Crippen molar-refractivity contribution in [3.8, 4) is 11.8 Å². The van der Waals surface area contributed by atoms with Gasteiger partial charge < -0.3 is 19.5 Å². The van der Waals surface area contributed by atoms with E-state index in [1.807, 2.05) is 18.7 Å². The van der Waals surface area contributed by atoms with E-state index in [9.17, 15) is 0 Å². The Morgan fingerprint density at radius 2 is 1.78 bits per heavy atom. The summed E-state index contributed by atoms with van der Waals surface area (Å²) >= 11 is 0. The lowest BCUT2D eigenvalue weighted by atomic mass is 10.3. The number of ether oxygens (including phenoxy) is 2. The Kier molecular flexibility index (Phi) is 5.64. The highest BCUT2D eigenvalue weighted by Crippen LogP contribution is 2.21. The smallest absolute Gasteiger partial charge is 0.232 e. The van der Waals surface area contributed by atoms with Crippen molar-refractivity contribution in [2.45, 2.75) is 26.3 Å². The topological polar surface area (TPSA) is 67.7 Å². The van der Waals surface area contributed by atoms with Crippen LogP contribution in [0.5, 0.6) is 11.8 Å². The Balaban J connectivity index is 3.02. The molecule has 0 aromatic carbocycles. The van der Waals surface area contributed by atoms with Crippen LogP contribution in [0.15, 0.2) is 6.07 Å². The molecule has 1 aromatic heterocycles. The van der Waals surface area contributed by atoms with Gasteiger partial charge >= 0.3 is 0 Å².